The van der Waals surface area contributed by atoms with Crippen molar-refractivity contribution in [1.29, 1.82) is 0 Å². The minimum absolute atomic E-state index is 0.409. The SMILES string of the molecule is C=c1[nH]c(=O)nc/c1=C1/C=C(C2CC2)c2ncc(F)n2N1. The third-order valence-corrected chi connectivity index (χ3v) is 3.71. The van der Waals surface area contributed by atoms with E-state index in [9.17, 15) is 9.18 Å². The first-order valence-corrected chi connectivity index (χ1v) is 6.64. The second kappa shape index (κ2) is 4.15. The lowest BCUT2D eigenvalue weighted by molar-refractivity contribution is 0.541. The highest BCUT2D eigenvalue weighted by Gasteiger charge is 2.32. The Labute approximate surface area is 118 Å². The molecule has 0 atom stereocenters. The van der Waals surface area contributed by atoms with E-state index in [1.807, 2.05) is 6.08 Å². The molecule has 0 spiro atoms. The molecule has 3 heterocycles. The highest BCUT2D eigenvalue weighted by Crippen LogP contribution is 2.43. The molecule has 2 aliphatic rings. The van der Waals surface area contributed by atoms with E-state index < -0.39 is 11.6 Å². The number of nitrogens with one attached hydrogen (secondary N) is 2. The Balaban J connectivity index is 2.00. The normalized spacial score (nSPS) is 19.8. The number of fused-ring (bicyclic) bond motifs is 1. The van der Waals surface area contributed by atoms with Crippen molar-refractivity contribution >= 4 is 17.8 Å². The molecule has 7 heteroatoms. The number of hydrogen-bond donors (Lipinski definition) is 2. The summed E-state index contributed by atoms with van der Waals surface area (Å²) in [6.07, 6.45) is 6.72. The van der Waals surface area contributed by atoms with Crippen LogP contribution in [0, 0.1) is 11.9 Å². The Morgan fingerprint density at radius 1 is 1.33 bits per heavy atom. The third-order valence-electron chi connectivity index (χ3n) is 3.71. The Morgan fingerprint density at radius 2 is 2.14 bits per heavy atom. The van der Waals surface area contributed by atoms with Gasteiger partial charge in [-0.3, -0.25) is 5.43 Å². The van der Waals surface area contributed by atoms with Gasteiger partial charge in [0, 0.05) is 22.3 Å². The summed E-state index contributed by atoms with van der Waals surface area (Å²) in [6, 6.07) is 0. The summed E-state index contributed by atoms with van der Waals surface area (Å²) in [7, 11) is 0. The van der Waals surface area contributed by atoms with Crippen molar-refractivity contribution in [2.24, 2.45) is 5.92 Å². The van der Waals surface area contributed by atoms with Gasteiger partial charge in [0.15, 0.2) is 5.82 Å². The molecule has 1 aliphatic carbocycles. The molecule has 1 aliphatic heterocycles. The van der Waals surface area contributed by atoms with Crippen molar-refractivity contribution in [2.75, 3.05) is 5.43 Å². The van der Waals surface area contributed by atoms with Crippen LogP contribution in [-0.4, -0.2) is 19.6 Å². The van der Waals surface area contributed by atoms with Crippen molar-refractivity contribution in [2.45, 2.75) is 12.8 Å². The predicted molar refractivity (Wildman–Crippen MR) is 75.3 cm³/mol. The maximum absolute atomic E-state index is 13.9. The van der Waals surface area contributed by atoms with Crippen LogP contribution in [0.25, 0.3) is 17.8 Å². The van der Waals surface area contributed by atoms with Crippen molar-refractivity contribution < 1.29 is 4.39 Å². The average Bonchev–Trinajstić information content (AvgIpc) is 3.23. The van der Waals surface area contributed by atoms with Gasteiger partial charge in [0.1, 0.15) is 0 Å². The van der Waals surface area contributed by atoms with Gasteiger partial charge in [0.2, 0.25) is 5.95 Å². The molecule has 1 fully saturated rings. The summed E-state index contributed by atoms with van der Waals surface area (Å²) in [5, 5.41) is 1.07. The Bertz CT molecular complexity index is 935. The zero-order valence-electron chi connectivity index (χ0n) is 11.1. The van der Waals surface area contributed by atoms with Gasteiger partial charge < -0.3 is 4.98 Å². The third kappa shape index (κ3) is 1.89. The van der Waals surface area contributed by atoms with Gasteiger partial charge >= 0.3 is 5.69 Å². The topological polar surface area (TPSA) is 75.6 Å². The van der Waals surface area contributed by atoms with Gasteiger partial charge in [-0.15, -0.1) is 0 Å². The standard InChI is InChI=1S/C14H12FN5O/c1-7-10(5-17-14(21)18-7)11-4-9(8-2-3-8)13-16-6-12(15)20(13)19-11/h4-6,8,19H,1-3H2,(H,18,21)/b11-10+. The molecule has 6 nitrogen and oxygen atoms in total. The van der Waals surface area contributed by atoms with E-state index >= 15 is 0 Å². The maximum Gasteiger partial charge on any atom is 0.345 e. The highest BCUT2D eigenvalue weighted by atomic mass is 19.1. The van der Waals surface area contributed by atoms with E-state index in [1.165, 1.54) is 17.1 Å². The van der Waals surface area contributed by atoms with Gasteiger partial charge in [-0.25, -0.2) is 19.4 Å². The number of rotatable bonds is 1. The molecule has 21 heavy (non-hydrogen) atoms. The first kappa shape index (κ1) is 12.1. The van der Waals surface area contributed by atoms with Crippen LogP contribution in [0.1, 0.15) is 18.7 Å². The van der Waals surface area contributed by atoms with E-state index in [1.54, 1.807) is 0 Å². The summed E-state index contributed by atoms with van der Waals surface area (Å²) < 4.78 is 15.2. The number of allylic oxidation sites excluding steroid dienone is 1. The van der Waals surface area contributed by atoms with Gasteiger partial charge in [-0.2, -0.15) is 4.39 Å². The molecule has 0 amide bonds. The molecular formula is C14H12FN5O. The molecule has 2 N–H and O–H groups in total. The van der Waals surface area contributed by atoms with Crippen molar-refractivity contribution in [3.63, 3.8) is 0 Å². The van der Waals surface area contributed by atoms with Gasteiger partial charge in [0.05, 0.1) is 11.9 Å². The maximum atomic E-state index is 13.9. The van der Waals surface area contributed by atoms with Crippen LogP contribution in [0.15, 0.2) is 23.3 Å². The number of halogens is 1. The molecule has 0 radical (unpaired) electrons. The molecule has 4 rings (SSSR count). The number of nitrogens with zero attached hydrogens (tertiary/aromatic N) is 3. The lowest BCUT2D eigenvalue weighted by Gasteiger charge is -2.20. The second-order valence-corrected chi connectivity index (χ2v) is 5.22. The smallest absolute Gasteiger partial charge is 0.306 e. The number of imidazole rings is 1. The molecule has 0 saturated heterocycles. The quantitative estimate of drug-likeness (QED) is 0.752. The fraction of sp³-hybridized carbons (Fsp3) is 0.214. The summed E-state index contributed by atoms with van der Waals surface area (Å²) in [5.41, 5.74) is 4.14. The predicted octanol–water partition coefficient (Wildman–Crippen LogP) is -0.325. The van der Waals surface area contributed by atoms with E-state index in [4.69, 9.17) is 0 Å². The second-order valence-electron chi connectivity index (χ2n) is 5.22. The number of aromatic amines is 1. The van der Waals surface area contributed by atoms with Gasteiger partial charge in [0.25, 0.3) is 0 Å². The Hall–Kier alpha value is -2.70. The molecule has 2 aromatic rings. The number of aromatic nitrogens is 4. The Kier molecular flexibility index (Phi) is 2.38. The van der Waals surface area contributed by atoms with Gasteiger partial charge in [-0.1, -0.05) is 6.58 Å². The minimum Gasteiger partial charge on any atom is -0.306 e. The zero-order valence-corrected chi connectivity index (χ0v) is 11.1. The minimum atomic E-state index is -0.461. The first-order chi connectivity index (χ1) is 10.1. The fourth-order valence-corrected chi connectivity index (χ4v) is 2.51. The summed E-state index contributed by atoms with van der Waals surface area (Å²) in [5.74, 6) is 0.546. The monoisotopic (exact) mass is 285 g/mol. The van der Waals surface area contributed by atoms with Crippen LogP contribution in [0.3, 0.4) is 0 Å². The largest absolute Gasteiger partial charge is 0.345 e. The summed E-state index contributed by atoms with van der Waals surface area (Å²) in [4.78, 5) is 21.6. The first-order valence-electron chi connectivity index (χ1n) is 6.64. The van der Waals surface area contributed by atoms with E-state index in [0.29, 0.717) is 28.0 Å². The number of hydrogen-bond acceptors (Lipinski definition) is 4. The van der Waals surface area contributed by atoms with Crippen molar-refractivity contribution in [3.8, 4) is 0 Å². The molecule has 106 valence electrons. The zero-order chi connectivity index (χ0) is 14.6. The Morgan fingerprint density at radius 3 is 2.86 bits per heavy atom. The van der Waals surface area contributed by atoms with Crippen molar-refractivity contribution in [3.05, 3.63) is 51.3 Å². The van der Waals surface area contributed by atoms with Gasteiger partial charge in [-0.05, 0) is 24.8 Å². The molecule has 0 bridgehead atoms. The fourth-order valence-electron chi connectivity index (χ4n) is 2.51. The lowest BCUT2D eigenvalue weighted by Crippen LogP contribution is -2.39. The van der Waals surface area contributed by atoms with E-state index in [0.717, 1.165) is 18.4 Å². The molecule has 2 aromatic heterocycles. The molecule has 0 aromatic carbocycles. The average molecular weight is 285 g/mol. The number of H-pyrrole nitrogens is 1. The summed E-state index contributed by atoms with van der Waals surface area (Å²) >= 11 is 0. The summed E-state index contributed by atoms with van der Waals surface area (Å²) in [6.45, 7) is 3.80. The highest BCUT2D eigenvalue weighted by molar-refractivity contribution is 5.81. The van der Waals surface area contributed by atoms with Crippen LogP contribution < -0.4 is 21.7 Å². The van der Waals surface area contributed by atoms with E-state index in [2.05, 4.69) is 27.0 Å². The molecule has 1 saturated carbocycles. The molecule has 0 unspecified atom stereocenters. The molecular weight excluding hydrogens is 273 g/mol. The van der Waals surface area contributed by atoms with Crippen LogP contribution in [-0.2, 0) is 0 Å². The van der Waals surface area contributed by atoms with Crippen LogP contribution >= 0.6 is 0 Å². The lowest BCUT2D eigenvalue weighted by atomic mass is 10.1. The van der Waals surface area contributed by atoms with Crippen LogP contribution in [0.2, 0.25) is 0 Å². The van der Waals surface area contributed by atoms with Crippen LogP contribution in [0.4, 0.5) is 4.39 Å². The van der Waals surface area contributed by atoms with E-state index in [-0.39, 0.29) is 0 Å². The van der Waals surface area contributed by atoms with Crippen LogP contribution in [0.5, 0.6) is 0 Å². The van der Waals surface area contributed by atoms with Crippen molar-refractivity contribution in [1.82, 2.24) is 19.6 Å².